The fraction of sp³-hybridized carbons (Fsp3) is 0.455. The predicted molar refractivity (Wildman–Crippen MR) is 67.2 cm³/mol. The van der Waals surface area contributed by atoms with Crippen molar-refractivity contribution in [3.63, 3.8) is 0 Å². The molecule has 0 aromatic carbocycles. The fourth-order valence-corrected chi connectivity index (χ4v) is 1.65. The van der Waals surface area contributed by atoms with Crippen LogP contribution in [0.1, 0.15) is 29.6 Å². The predicted octanol–water partition coefficient (Wildman–Crippen LogP) is 1.17. The molecule has 0 aliphatic heterocycles. The minimum atomic E-state index is -0.374. The van der Waals surface area contributed by atoms with E-state index in [2.05, 4.69) is 19.4 Å². The summed E-state index contributed by atoms with van der Waals surface area (Å²) < 4.78 is 8.22. The Morgan fingerprint density at radius 2 is 2.39 bits per heavy atom. The van der Waals surface area contributed by atoms with E-state index >= 15 is 0 Å². The van der Waals surface area contributed by atoms with Gasteiger partial charge in [0.25, 0.3) is 5.91 Å². The van der Waals surface area contributed by atoms with Gasteiger partial charge in [-0.25, -0.2) is 9.78 Å². The number of nitrogens with one attached hydrogen (secondary N) is 1. The first-order chi connectivity index (χ1) is 8.63. The molecule has 98 valence electrons. The van der Waals surface area contributed by atoms with Gasteiger partial charge in [0.2, 0.25) is 5.01 Å². The quantitative estimate of drug-likeness (QED) is 0.619. The van der Waals surface area contributed by atoms with Crippen molar-refractivity contribution in [3.05, 3.63) is 23.5 Å². The number of carbonyl (C=O) groups excluding carboxylic acids is 2. The van der Waals surface area contributed by atoms with Crippen molar-refractivity contribution < 1.29 is 14.3 Å². The summed E-state index contributed by atoms with van der Waals surface area (Å²) in [5.74, 6) is -0.595. The van der Waals surface area contributed by atoms with Gasteiger partial charge in [0.1, 0.15) is 6.33 Å². The molecule has 1 N–H and O–H groups in total. The third-order valence-corrected chi connectivity index (χ3v) is 2.82. The van der Waals surface area contributed by atoms with E-state index in [-0.39, 0.29) is 17.9 Å². The van der Waals surface area contributed by atoms with Crippen LogP contribution in [-0.4, -0.2) is 34.4 Å². The van der Waals surface area contributed by atoms with Crippen LogP contribution in [0, 0.1) is 0 Å². The number of carbonyl (C=O) groups is 2. The van der Waals surface area contributed by atoms with Crippen LogP contribution in [0.15, 0.2) is 18.5 Å². The standard InChI is InChI=1S/C11H15N3O3S/c1-8(5-3-4-6-9(15)17-2)14-10(16)11-12-7-13-18-11/h4,6-8H,3,5H2,1-2H3,(H,14,16)/b6-4+. The van der Waals surface area contributed by atoms with E-state index in [0.29, 0.717) is 11.4 Å². The first kappa shape index (κ1) is 14.3. The maximum Gasteiger partial charge on any atom is 0.330 e. The summed E-state index contributed by atoms with van der Waals surface area (Å²) in [4.78, 5) is 26.2. The van der Waals surface area contributed by atoms with Crippen molar-refractivity contribution in [2.75, 3.05) is 7.11 Å². The van der Waals surface area contributed by atoms with Gasteiger partial charge in [-0.1, -0.05) is 6.08 Å². The van der Waals surface area contributed by atoms with Crippen molar-refractivity contribution in [1.29, 1.82) is 0 Å². The van der Waals surface area contributed by atoms with Gasteiger partial charge in [0.15, 0.2) is 0 Å². The minimum absolute atomic E-state index is 0.00342. The van der Waals surface area contributed by atoms with Gasteiger partial charge >= 0.3 is 5.97 Å². The third-order valence-electron chi connectivity index (χ3n) is 2.15. The second kappa shape index (κ2) is 7.54. The fourth-order valence-electron chi connectivity index (χ4n) is 1.22. The lowest BCUT2D eigenvalue weighted by molar-refractivity contribution is -0.134. The Kier molecular flexibility index (Phi) is 5.99. The first-order valence-electron chi connectivity index (χ1n) is 5.45. The normalized spacial score (nSPS) is 12.3. The molecule has 0 aliphatic rings. The molecule has 0 saturated carbocycles. The Morgan fingerprint density at radius 1 is 1.61 bits per heavy atom. The minimum Gasteiger partial charge on any atom is -0.466 e. The Morgan fingerprint density at radius 3 is 3.00 bits per heavy atom. The molecule has 0 radical (unpaired) electrons. The monoisotopic (exact) mass is 269 g/mol. The van der Waals surface area contributed by atoms with Crippen LogP contribution in [0.4, 0.5) is 0 Å². The van der Waals surface area contributed by atoms with Crippen molar-refractivity contribution in [3.8, 4) is 0 Å². The van der Waals surface area contributed by atoms with Crippen molar-refractivity contribution >= 4 is 23.4 Å². The molecule has 7 heteroatoms. The molecule has 1 heterocycles. The van der Waals surface area contributed by atoms with Gasteiger partial charge in [-0.05, 0) is 31.3 Å². The molecule has 1 atom stereocenters. The highest BCUT2D eigenvalue weighted by Gasteiger charge is 2.11. The number of aromatic nitrogens is 2. The molecule has 0 saturated heterocycles. The molecule has 18 heavy (non-hydrogen) atoms. The maximum absolute atomic E-state index is 11.6. The number of ether oxygens (including phenoxy) is 1. The lowest BCUT2D eigenvalue weighted by atomic mass is 10.2. The lowest BCUT2D eigenvalue weighted by Crippen LogP contribution is -2.32. The molecule has 1 aromatic rings. The third kappa shape index (κ3) is 5.05. The number of hydrogen-bond acceptors (Lipinski definition) is 6. The summed E-state index contributed by atoms with van der Waals surface area (Å²) in [7, 11) is 1.33. The maximum atomic E-state index is 11.6. The molecule has 1 aromatic heterocycles. The number of hydrogen-bond donors (Lipinski definition) is 1. The highest BCUT2D eigenvalue weighted by Crippen LogP contribution is 2.03. The highest BCUT2D eigenvalue weighted by atomic mass is 32.1. The highest BCUT2D eigenvalue weighted by molar-refractivity contribution is 7.07. The zero-order chi connectivity index (χ0) is 13.4. The average Bonchev–Trinajstić information content (AvgIpc) is 2.88. The number of nitrogens with zero attached hydrogens (tertiary/aromatic N) is 2. The Labute approximate surface area is 109 Å². The summed E-state index contributed by atoms with van der Waals surface area (Å²) in [6.45, 7) is 1.89. The van der Waals surface area contributed by atoms with E-state index in [4.69, 9.17) is 0 Å². The molecule has 1 unspecified atom stereocenters. The van der Waals surface area contributed by atoms with Gasteiger partial charge in [-0.2, -0.15) is 4.37 Å². The van der Waals surface area contributed by atoms with Crippen molar-refractivity contribution in [2.24, 2.45) is 0 Å². The van der Waals surface area contributed by atoms with E-state index in [0.717, 1.165) is 18.0 Å². The molecule has 6 nitrogen and oxygen atoms in total. The number of methoxy groups -OCH3 is 1. The molecule has 1 rings (SSSR count). The summed E-state index contributed by atoms with van der Waals surface area (Å²) in [6, 6.07) is 0.00342. The Balaban J connectivity index is 2.25. The summed E-state index contributed by atoms with van der Waals surface area (Å²) in [5, 5.41) is 3.16. The van der Waals surface area contributed by atoms with E-state index < -0.39 is 0 Å². The number of esters is 1. The SMILES string of the molecule is COC(=O)/C=C/CCC(C)NC(=O)c1ncns1. The van der Waals surface area contributed by atoms with Gasteiger partial charge in [0, 0.05) is 12.1 Å². The van der Waals surface area contributed by atoms with Crippen molar-refractivity contribution in [2.45, 2.75) is 25.8 Å². The molecular weight excluding hydrogens is 254 g/mol. The molecule has 1 amide bonds. The van der Waals surface area contributed by atoms with E-state index in [1.165, 1.54) is 19.5 Å². The molecule has 0 bridgehead atoms. The molecule has 0 fully saturated rings. The molecule has 0 spiro atoms. The Bertz CT molecular complexity index is 417. The van der Waals surface area contributed by atoms with E-state index in [9.17, 15) is 9.59 Å². The zero-order valence-corrected chi connectivity index (χ0v) is 11.1. The smallest absolute Gasteiger partial charge is 0.330 e. The second-order valence-corrected chi connectivity index (χ2v) is 4.40. The number of amides is 1. The van der Waals surface area contributed by atoms with Crippen LogP contribution in [0.25, 0.3) is 0 Å². The van der Waals surface area contributed by atoms with Crippen LogP contribution >= 0.6 is 11.5 Å². The van der Waals surface area contributed by atoms with Crippen LogP contribution in [0.3, 0.4) is 0 Å². The van der Waals surface area contributed by atoms with Crippen LogP contribution in [0.5, 0.6) is 0 Å². The first-order valence-corrected chi connectivity index (χ1v) is 6.23. The van der Waals surface area contributed by atoms with Gasteiger partial charge < -0.3 is 10.1 Å². The van der Waals surface area contributed by atoms with E-state index in [1.807, 2.05) is 6.92 Å². The van der Waals surface area contributed by atoms with E-state index in [1.54, 1.807) is 6.08 Å². The zero-order valence-electron chi connectivity index (χ0n) is 10.3. The largest absolute Gasteiger partial charge is 0.466 e. The second-order valence-electron chi connectivity index (χ2n) is 3.62. The number of allylic oxidation sites excluding steroid dienone is 1. The van der Waals surface area contributed by atoms with Gasteiger partial charge in [-0.15, -0.1) is 0 Å². The van der Waals surface area contributed by atoms with Crippen LogP contribution in [0.2, 0.25) is 0 Å². The topological polar surface area (TPSA) is 81.2 Å². The summed E-state index contributed by atoms with van der Waals surface area (Å²) >= 11 is 1.06. The summed E-state index contributed by atoms with van der Waals surface area (Å²) in [5.41, 5.74) is 0. The lowest BCUT2D eigenvalue weighted by Gasteiger charge is -2.10. The van der Waals surface area contributed by atoms with Crippen molar-refractivity contribution in [1.82, 2.24) is 14.7 Å². The van der Waals surface area contributed by atoms with Gasteiger partial charge in [0.05, 0.1) is 7.11 Å². The average molecular weight is 269 g/mol. The molecular formula is C11H15N3O3S. The van der Waals surface area contributed by atoms with Crippen LogP contribution < -0.4 is 5.32 Å². The van der Waals surface area contributed by atoms with Crippen LogP contribution in [-0.2, 0) is 9.53 Å². The molecule has 0 aliphatic carbocycles. The Hall–Kier alpha value is -1.76. The number of rotatable bonds is 6. The van der Waals surface area contributed by atoms with Gasteiger partial charge in [-0.3, -0.25) is 4.79 Å². The summed E-state index contributed by atoms with van der Waals surface area (Å²) in [6.07, 6.45) is 5.87.